The summed E-state index contributed by atoms with van der Waals surface area (Å²) in [5.41, 5.74) is 2.80. The van der Waals surface area contributed by atoms with Gasteiger partial charge in [-0.05, 0) is 42.7 Å². The van der Waals surface area contributed by atoms with E-state index in [-0.39, 0.29) is 17.4 Å². The number of H-pyrrole nitrogens is 1. The average molecular weight is 414 g/mol. The number of carbonyl (C=O) groups is 1. The van der Waals surface area contributed by atoms with Crippen molar-refractivity contribution < 1.29 is 4.79 Å². The zero-order valence-electron chi connectivity index (χ0n) is 16.8. The Morgan fingerprint density at radius 2 is 1.97 bits per heavy atom. The van der Waals surface area contributed by atoms with Crippen molar-refractivity contribution in [3.05, 3.63) is 76.7 Å². The van der Waals surface area contributed by atoms with E-state index in [9.17, 15) is 9.59 Å². The SMILES string of the molecule is O=C(Nc1cccc(CNc2nc3c(cnn3-c3ccccc3)c(=O)[nH]2)c1)C1CCC1. The van der Waals surface area contributed by atoms with Gasteiger partial charge in [0.15, 0.2) is 5.65 Å². The van der Waals surface area contributed by atoms with E-state index in [1.165, 1.54) is 6.20 Å². The molecule has 156 valence electrons. The highest BCUT2D eigenvalue weighted by Gasteiger charge is 2.25. The van der Waals surface area contributed by atoms with Gasteiger partial charge in [0, 0.05) is 18.2 Å². The second-order valence-electron chi connectivity index (χ2n) is 7.71. The van der Waals surface area contributed by atoms with Crippen LogP contribution in [0.3, 0.4) is 0 Å². The Morgan fingerprint density at radius 3 is 2.74 bits per heavy atom. The fourth-order valence-electron chi connectivity index (χ4n) is 3.62. The lowest BCUT2D eigenvalue weighted by Crippen LogP contribution is -2.28. The van der Waals surface area contributed by atoms with Crippen LogP contribution in [0, 0.1) is 5.92 Å². The lowest BCUT2D eigenvalue weighted by atomic mass is 9.85. The van der Waals surface area contributed by atoms with Crippen LogP contribution in [0.2, 0.25) is 0 Å². The van der Waals surface area contributed by atoms with Crippen molar-refractivity contribution in [1.29, 1.82) is 0 Å². The summed E-state index contributed by atoms with van der Waals surface area (Å²) in [4.78, 5) is 32.0. The summed E-state index contributed by atoms with van der Waals surface area (Å²) in [6, 6.07) is 17.2. The van der Waals surface area contributed by atoms with E-state index in [1.54, 1.807) is 4.68 Å². The molecule has 5 rings (SSSR count). The summed E-state index contributed by atoms with van der Waals surface area (Å²) >= 11 is 0. The molecule has 8 heteroatoms. The topological polar surface area (TPSA) is 105 Å². The van der Waals surface area contributed by atoms with Gasteiger partial charge in [0.2, 0.25) is 11.9 Å². The molecule has 1 fully saturated rings. The molecule has 1 saturated carbocycles. The molecule has 8 nitrogen and oxygen atoms in total. The summed E-state index contributed by atoms with van der Waals surface area (Å²) < 4.78 is 1.65. The number of rotatable bonds is 6. The first-order valence-corrected chi connectivity index (χ1v) is 10.3. The maximum atomic E-state index is 12.5. The van der Waals surface area contributed by atoms with Crippen LogP contribution in [0.25, 0.3) is 16.7 Å². The van der Waals surface area contributed by atoms with Gasteiger partial charge in [-0.2, -0.15) is 10.1 Å². The van der Waals surface area contributed by atoms with Crippen molar-refractivity contribution in [2.24, 2.45) is 5.92 Å². The van der Waals surface area contributed by atoms with Crippen molar-refractivity contribution >= 4 is 28.6 Å². The number of anilines is 2. The molecule has 0 saturated heterocycles. The second kappa shape index (κ2) is 8.06. The van der Waals surface area contributed by atoms with E-state index in [0.717, 1.165) is 36.2 Å². The number of aromatic amines is 1. The van der Waals surface area contributed by atoms with E-state index in [0.29, 0.717) is 23.5 Å². The van der Waals surface area contributed by atoms with Crippen molar-refractivity contribution in [3.63, 3.8) is 0 Å². The standard InChI is InChI=1S/C23H22N6O2/c30-21(16-7-5-8-16)26-17-9-4-6-15(12-17)13-24-23-27-20-19(22(31)28-23)14-25-29(20)18-10-2-1-3-11-18/h1-4,6,9-12,14,16H,5,7-8,13H2,(H,26,30)(H2,24,27,28,31). The number of nitrogens with zero attached hydrogens (tertiary/aromatic N) is 3. The molecule has 0 atom stereocenters. The molecule has 2 heterocycles. The zero-order chi connectivity index (χ0) is 21.2. The Morgan fingerprint density at radius 1 is 1.13 bits per heavy atom. The zero-order valence-corrected chi connectivity index (χ0v) is 16.8. The Kier molecular flexibility index (Phi) is 4.95. The third-order valence-corrected chi connectivity index (χ3v) is 5.57. The fourth-order valence-corrected chi connectivity index (χ4v) is 3.62. The molecular weight excluding hydrogens is 392 g/mol. The summed E-state index contributed by atoms with van der Waals surface area (Å²) in [5, 5.41) is 10.9. The van der Waals surface area contributed by atoms with E-state index in [1.807, 2.05) is 54.6 Å². The number of nitrogens with one attached hydrogen (secondary N) is 3. The van der Waals surface area contributed by atoms with Crippen LogP contribution in [-0.2, 0) is 11.3 Å². The summed E-state index contributed by atoms with van der Waals surface area (Å²) in [6.45, 7) is 0.445. The number of benzene rings is 2. The van der Waals surface area contributed by atoms with Gasteiger partial charge in [0.05, 0.1) is 11.9 Å². The Hall–Kier alpha value is -3.94. The number of hydrogen-bond donors (Lipinski definition) is 3. The minimum absolute atomic E-state index is 0.0852. The Balaban J connectivity index is 1.34. The predicted octanol–water partition coefficient (Wildman–Crippen LogP) is 3.46. The van der Waals surface area contributed by atoms with E-state index >= 15 is 0 Å². The number of para-hydroxylation sites is 1. The first kappa shape index (κ1) is 19.0. The Bertz CT molecular complexity index is 1290. The van der Waals surface area contributed by atoms with Crippen LogP contribution >= 0.6 is 0 Å². The fraction of sp³-hybridized carbons (Fsp3) is 0.217. The number of fused-ring (bicyclic) bond motifs is 1. The number of amides is 1. The highest BCUT2D eigenvalue weighted by molar-refractivity contribution is 5.93. The van der Waals surface area contributed by atoms with Crippen molar-refractivity contribution in [3.8, 4) is 5.69 Å². The lowest BCUT2D eigenvalue weighted by molar-refractivity contribution is -0.122. The lowest BCUT2D eigenvalue weighted by Gasteiger charge is -2.24. The third kappa shape index (κ3) is 3.92. The molecule has 1 aliphatic carbocycles. The molecule has 0 aliphatic heterocycles. The van der Waals surface area contributed by atoms with E-state index in [2.05, 4.69) is 25.7 Å². The van der Waals surface area contributed by atoms with Crippen LogP contribution in [0.1, 0.15) is 24.8 Å². The molecule has 3 N–H and O–H groups in total. The highest BCUT2D eigenvalue weighted by Crippen LogP contribution is 2.27. The molecule has 31 heavy (non-hydrogen) atoms. The molecule has 4 aromatic rings. The van der Waals surface area contributed by atoms with Crippen LogP contribution in [0.5, 0.6) is 0 Å². The monoisotopic (exact) mass is 414 g/mol. The normalized spacial score (nSPS) is 13.7. The van der Waals surface area contributed by atoms with Crippen LogP contribution in [0.4, 0.5) is 11.6 Å². The minimum atomic E-state index is -0.254. The predicted molar refractivity (Wildman–Crippen MR) is 119 cm³/mol. The van der Waals surface area contributed by atoms with E-state index < -0.39 is 0 Å². The van der Waals surface area contributed by atoms with Crippen LogP contribution in [-0.4, -0.2) is 25.7 Å². The largest absolute Gasteiger partial charge is 0.352 e. The van der Waals surface area contributed by atoms with Gasteiger partial charge in [0.1, 0.15) is 5.39 Å². The van der Waals surface area contributed by atoms with Gasteiger partial charge in [-0.1, -0.05) is 36.8 Å². The Labute approximate surface area is 178 Å². The quantitative estimate of drug-likeness (QED) is 0.448. The van der Waals surface area contributed by atoms with Gasteiger partial charge in [-0.3, -0.25) is 14.6 Å². The molecule has 1 aliphatic rings. The molecule has 2 aromatic carbocycles. The number of hydrogen-bond acceptors (Lipinski definition) is 5. The van der Waals surface area contributed by atoms with Gasteiger partial charge < -0.3 is 10.6 Å². The van der Waals surface area contributed by atoms with Crippen molar-refractivity contribution in [2.75, 3.05) is 10.6 Å². The molecule has 2 aromatic heterocycles. The molecular formula is C23H22N6O2. The van der Waals surface area contributed by atoms with Gasteiger partial charge in [0.25, 0.3) is 5.56 Å². The third-order valence-electron chi connectivity index (χ3n) is 5.57. The first-order chi connectivity index (χ1) is 15.2. The number of aromatic nitrogens is 4. The van der Waals surface area contributed by atoms with Gasteiger partial charge >= 0.3 is 0 Å². The molecule has 0 radical (unpaired) electrons. The molecule has 1 amide bonds. The maximum absolute atomic E-state index is 12.5. The number of carbonyl (C=O) groups excluding carboxylic acids is 1. The smallest absolute Gasteiger partial charge is 0.263 e. The second-order valence-corrected chi connectivity index (χ2v) is 7.71. The summed E-state index contributed by atoms with van der Waals surface area (Å²) in [6.07, 6.45) is 4.58. The molecule has 0 unspecified atom stereocenters. The summed E-state index contributed by atoms with van der Waals surface area (Å²) in [5.74, 6) is 0.582. The van der Waals surface area contributed by atoms with E-state index in [4.69, 9.17) is 0 Å². The first-order valence-electron chi connectivity index (χ1n) is 10.3. The highest BCUT2D eigenvalue weighted by atomic mass is 16.2. The maximum Gasteiger partial charge on any atom is 0.263 e. The van der Waals surface area contributed by atoms with Gasteiger partial charge in [-0.25, -0.2) is 4.68 Å². The average Bonchev–Trinajstić information content (AvgIpc) is 3.16. The molecule has 0 spiro atoms. The van der Waals surface area contributed by atoms with Crippen molar-refractivity contribution in [1.82, 2.24) is 19.7 Å². The van der Waals surface area contributed by atoms with Crippen LogP contribution in [0.15, 0.2) is 65.6 Å². The van der Waals surface area contributed by atoms with Crippen LogP contribution < -0.4 is 16.2 Å². The van der Waals surface area contributed by atoms with Gasteiger partial charge in [-0.15, -0.1) is 0 Å². The van der Waals surface area contributed by atoms with Crippen molar-refractivity contribution in [2.45, 2.75) is 25.8 Å². The molecule has 0 bridgehead atoms. The minimum Gasteiger partial charge on any atom is -0.352 e. The summed E-state index contributed by atoms with van der Waals surface area (Å²) in [7, 11) is 0.